The van der Waals surface area contributed by atoms with Crippen LogP contribution in [-0.2, 0) is 4.74 Å². The second kappa shape index (κ2) is 8.64. The summed E-state index contributed by atoms with van der Waals surface area (Å²) in [7, 11) is 0. The Morgan fingerprint density at radius 1 is 1.38 bits per heavy atom. The molecule has 0 aromatic heterocycles. The van der Waals surface area contributed by atoms with Gasteiger partial charge in [-0.15, -0.1) is 6.58 Å². The Labute approximate surface area is 88.0 Å². The molecule has 0 aliphatic carbocycles. The van der Waals surface area contributed by atoms with Crippen molar-refractivity contribution < 1.29 is 4.74 Å². The molecule has 0 fully saturated rings. The zero-order valence-electron chi connectivity index (χ0n) is 8.88. The predicted molar refractivity (Wildman–Crippen MR) is 62.5 cm³/mol. The molecular weight excluding hydrogens is 180 g/mol. The molecule has 0 rings (SSSR count). The maximum absolute atomic E-state index is 5.48. The number of thiol groups is 1. The van der Waals surface area contributed by atoms with Gasteiger partial charge in [0.25, 0.3) is 0 Å². The first-order chi connectivity index (χ1) is 6.16. The number of ether oxygens (including phenoxy) is 1. The van der Waals surface area contributed by atoms with Gasteiger partial charge < -0.3 is 4.74 Å². The summed E-state index contributed by atoms with van der Waals surface area (Å²) in [6.07, 6.45) is 3.32. The zero-order chi connectivity index (χ0) is 10.1. The zero-order valence-corrected chi connectivity index (χ0v) is 9.78. The van der Waals surface area contributed by atoms with Crippen LogP contribution in [0.4, 0.5) is 0 Å². The third kappa shape index (κ3) is 9.97. The maximum atomic E-state index is 5.48. The summed E-state index contributed by atoms with van der Waals surface area (Å²) in [5.41, 5.74) is 1.20. The van der Waals surface area contributed by atoms with Crippen LogP contribution < -0.4 is 0 Å². The molecule has 13 heavy (non-hydrogen) atoms. The molecule has 0 aliphatic heterocycles. The van der Waals surface area contributed by atoms with Crippen LogP contribution in [-0.4, -0.2) is 19.0 Å². The van der Waals surface area contributed by atoms with Crippen LogP contribution in [0, 0.1) is 5.92 Å². The molecule has 0 spiro atoms. The van der Waals surface area contributed by atoms with Crippen molar-refractivity contribution in [2.75, 3.05) is 19.0 Å². The van der Waals surface area contributed by atoms with Crippen molar-refractivity contribution in [1.82, 2.24) is 0 Å². The number of rotatable bonds is 8. The molecule has 2 heteroatoms. The Bertz CT molecular complexity index is 134. The average molecular weight is 202 g/mol. The molecule has 0 aromatic rings. The lowest BCUT2D eigenvalue weighted by Gasteiger charge is -2.09. The Hall–Kier alpha value is 0.0500. The SMILES string of the molecule is C=C(C)CCOCCC(C)CCS. The lowest BCUT2D eigenvalue weighted by Crippen LogP contribution is -2.03. The summed E-state index contributed by atoms with van der Waals surface area (Å²) in [5, 5.41) is 0. The molecule has 0 aromatic carbocycles. The molecule has 0 N–H and O–H groups in total. The third-order valence-electron chi connectivity index (χ3n) is 2.05. The molecular formula is C11H22OS. The van der Waals surface area contributed by atoms with E-state index < -0.39 is 0 Å². The summed E-state index contributed by atoms with van der Waals surface area (Å²) in [6, 6.07) is 0. The fourth-order valence-corrected chi connectivity index (χ4v) is 1.44. The Kier molecular flexibility index (Phi) is 8.67. The van der Waals surface area contributed by atoms with Crippen LogP contribution in [0.25, 0.3) is 0 Å². The van der Waals surface area contributed by atoms with Gasteiger partial charge >= 0.3 is 0 Å². The minimum atomic E-state index is 0.738. The van der Waals surface area contributed by atoms with E-state index in [-0.39, 0.29) is 0 Å². The van der Waals surface area contributed by atoms with E-state index >= 15 is 0 Å². The van der Waals surface area contributed by atoms with Crippen LogP contribution in [0.15, 0.2) is 12.2 Å². The van der Waals surface area contributed by atoms with Crippen LogP contribution in [0.3, 0.4) is 0 Å². The smallest absolute Gasteiger partial charge is 0.0502 e. The van der Waals surface area contributed by atoms with Crippen molar-refractivity contribution >= 4 is 12.6 Å². The fourth-order valence-electron chi connectivity index (χ4n) is 0.998. The van der Waals surface area contributed by atoms with Crippen LogP contribution in [0.1, 0.15) is 33.1 Å². The van der Waals surface area contributed by atoms with Gasteiger partial charge in [-0.2, -0.15) is 12.6 Å². The largest absolute Gasteiger partial charge is 0.381 e. The molecule has 0 heterocycles. The lowest BCUT2D eigenvalue weighted by molar-refractivity contribution is 0.124. The topological polar surface area (TPSA) is 9.23 Å². The van der Waals surface area contributed by atoms with E-state index in [9.17, 15) is 0 Å². The molecule has 1 nitrogen and oxygen atoms in total. The minimum absolute atomic E-state index is 0.738. The normalized spacial score (nSPS) is 12.8. The highest BCUT2D eigenvalue weighted by atomic mass is 32.1. The first kappa shape index (κ1) is 13.1. The lowest BCUT2D eigenvalue weighted by atomic mass is 10.1. The monoisotopic (exact) mass is 202 g/mol. The Morgan fingerprint density at radius 3 is 2.62 bits per heavy atom. The summed E-state index contributed by atoms with van der Waals surface area (Å²) >= 11 is 4.20. The van der Waals surface area contributed by atoms with Crippen LogP contribution in [0.2, 0.25) is 0 Å². The first-order valence-corrected chi connectivity index (χ1v) is 5.63. The van der Waals surface area contributed by atoms with Crippen molar-refractivity contribution in [2.45, 2.75) is 33.1 Å². The molecule has 0 saturated heterocycles. The molecule has 0 aliphatic rings. The van der Waals surface area contributed by atoms with Crippen molar-refractivity contribution in [3.63, 3.8) is 0 Å². The Balaban J connectivity index is 3.11. The van der Waals surface area contributed by atoms with Gasteiger partial charge in [-0.05, 0) is 37.9 Å². The summed E-state index contributed by atoms with van der Waals surface area (Å²) < 4.78 is 5.48. The molecule has 0 amide bonds. The number of hydrogen-bond acceptors (Lipinski definition) is 2. The van der Waals surface area contributed by atoms with E-state index in [1.165, 1.54) is 12.0 Å². The van der Waals surface area contributed by atoms with Crippen molar-refractivity contribution in [3.05, 3.63) is 12.2 Å². The molecule has 1 unspecified atom stereocenters. The first-order valence-electron chi connectivity index (χ1n) is 4.99. The second-order valence-corrected chi connectivity index (χ2v) is 4.17. The van der Waals surface area contributed by atoms with Crippen LogP contribution in [0.5, 0.6) is 0 Å². The molecule has 0 radical (unpaired) electrons. The predicted octanol–water partition coefficient (Wildman–Crippen LogP) is 3.32. The van der Waals surface area contributed by atoms with Crippen molar-refractivity contribution in [3.8, 4) is 0 Å². The van der Waals surface area contributed by atoms with E-state index in [0.717, 1.165) is 37.7 Å². The van der Waals surface area contributed by atoms with E-state index in [2.05, 4.69) is 26.1 Å². The van der Waals surface area contributed by atoms with Crippen molar-refractivity contribution in [1.29, 1.82) is 0 Å². The van der Waals surface area contributed by atoms with E-state index in [1.807, 2.05) is 6.92 Å². The van der Waals surface area contributed by atoms with E-state index in [4.69, 9.17) is 4.74 Å². The summed E-state index contributed by atoms with van der Waals surface area (Å²) in [6.45, 7) is 9.81. The van der Waals surface area contributed by atoms with Gasteiger partial charge in [-0.1, -0.05) is 12.5 Å². The molecule has 78 valence electrons. The number of hydrogen-bond donors (Lipinski definition) is 1. The van der Waals surface area contributed by atoms with Gasteiger partial charge in [0, 0.05) is 6.61 Å². The highest BCUT2D eigenvalue weighted by Crippen LogP contribution is 2.08. The van der Waals surface area contributed by atoms with Gasteiger partial charge in [0.2, 0.25) is 0 Å². The highest BCUT2D eigenvalue weighted by Gasteiger charge is 1.99. The minimum Gasteiger partial charge on any atom is -0.381 e. The van der Waals surface area contributed by atoms with Gasteiger partial charge in [0.1, 0.15) is 0 Å². The molecule has 1 atom stereocenters. The second-order valence-electron chi connectivity index (χ2n) is 3.73. The van der Waals surface area contributed by atoms with Gasteiger partial charge in [0.05, 0.1) is 6.61 Å². The van der Waals surface area contributed by atoms with E-state index in [1.54, 1.807) is 0 Å². The Morgan fingerprint density at radius 2 is 2.08 bits per heavy atom. The van der Waals surface area contributed by atoms with Gasteiger partial charge in [-0.25, -0.2) is 0 Å². The maximum Gasteiger partial charge on any atom is 0.0502 e. The summed E-state index contributed by atoms with van der Waals surface area (Å²) in [4.78, 5) is 0. The fraction of sp³-hybridized carbons (Fsp3) is 0.818. The summed E-state index contributed by atoms with van der Waals surface area (Å²) in [5.74, 6) is 1.72. The molecule has 0 saturated carbocycles. The van der Waals surface area contributed by atoms with Crippen LogP contribution >= 0.6 is 12.6 Å². The highest BCUT2D eigenvalue weighted by molar-refractivity contribution is 7.80. The van der Waals surface area contributed by atoms with E-state index in [0.29, 0.717) is 0 Å². The van der Waals surface area contributed by atoms with Gasteiger partial charge in [0.15, 0.2) is 0 Å². The van der Waals surface area contributed by atoms with Crippen molar-refractivity contribution in [2.24, 2.45) is 5.92 Å². The van der Waals surface area contributed by atoms with Gasteiger partial charge in [-0.3, -0.25) is 0 Å². The third-order valence-corrected chi connectivity index (χ3v) is 2.31. The molecule has 0 bridgehead atoms. The quantitative estimate of drug-likeness (QED) is 0.361. The standard InChI is InChI=1S/C11H22OS/c1-10(2)4-7-12-8-5-11(3)6-9-13/h11,13H,1,4-9H2,2-3H3. The average Bonchev–Trinajstić information content (AvgIpc) is 2.03.